The normalized spacial score (nSPS) is 11.7. The molecule has 0 unspecified atom stereocenters. The van der Waals surface area contributed by atoms with Crippen LogP contribution >= 0.6 is 0 Å². The molecular weight excluding hydrogens is 324 g/mol. The monoisotopic (exact) mass is 344 g/mol. The van der Waals surface area contributed by atoms with Crippen LogP contribution in [0.2, 0.25) is 0 Å². The van der Waals surface area contributed by atoms with Crippen molar-refractivity contribution in [1.82, 2.24) is 9.29 Å². The Bertz CT molecular complexity index is 915. The second-order valence-corrected chi connectivity index (χ2v) is 7.14. The van der Waals surface area contributed by atoms with Crippen molar-refractivity contribution in [3.05, 3.63) is 60.8 Å². The van der Waals surface area contributed by atoms with Gasteiger partial charge in [-0.3, -0.25) is 0 Å². The van der Waals surface area contributed by atoms with E-state index in [1.165, 1.54) is 0 Å². The van der Waals surface area contributed by atoms with Gasteiger partial charge in [0.2, 0.25) is 10.0 Å². The number of fused-ring (bicyclic) bond motifs is 1. The quantitative estimate of drug-likeness (QED) is 0.717. The van der Waals surface area contributed by atoms with Gasteiger partial charge in [-0.05, 0) is 48.7 Å². The zero-order chi connectivity index (χ0) is 17.0. The van der Waals surface area contributed by atoms with Gasteiger partial charge in [0.25, 0.3) is 0 Å². The topological polar surface area (TPSA) is 60.3 Å². The Balaban J connectivity index is 1.64. The minimum atomic E-state index is -3.52. The number of ether oxygens (including phenoxy) is 1. The van der Waals surface area contributed by atoms with Crippen LogP contribution in [0, 0.1) is 0 Å². The van der Waals surface area contributed by atoms with Gasteiger partial charge in [-0.2, -0.15) is 0 Å². The van der Waals surface area contributed by atoms with Gasteiger partial charge in [0, 0.05) is 24.8 Å². The van der Waals surface area contributed by atoms with Gasteiger partial charge in [-0.1, -0.05) is 18.2 Å². The third-order valence-electron chi connectivity index (χ3n) is 3.77. The SMILES string of the molecule is CCOc1ccc(S(=O)(=O)NCCn2ccc3ccccc32)cc1. The summed E-state index contributed by atoms with van der Waals surface area (Å²) >= 11 is 0. The smallest absolute Gasteiger partial charge is 0.240 e. The fourth-order valence-electron chi connectivity index (χ4n) is 2.60. The minimum absolute atomic E-state index is 0.239. The molecule has 3 aromatic rings. The van der Waals surface area contributed by atoms with E-state index in [1.54, 1.807) is 24.3 Å². The van der Waals surface area contributed by atoms with Crippen molar-refractivity contribution < 1.29 is 13.2 Å². The van der Waals surface area contributed by atoms with E-state index in [0.717, 1.165) is 10.9 Å². The van der Waals surface area contributed by atoms with E-state index in [1.807, 2.05) is 48.0 Å². The minimum Gasteiger partial charge on any atom is -0.494 e. The molecule has 1 aromatic heterocycles. The average Bonchev–Trinajstić information content (AvgIpc) is 2.99. The highest BCUT2D eigenvalue weighted by molar-refractivity contribution is 7.89. The fourth-order valence-corrected chi connectivity index (χ4v) is 3.62. The molecule has 0 spiro atoms. The van der Waals surface area contributed by atoms with E-state index in [2.05, 4.69) is 4.72 Å². The molecule has 0 aliphatic rings. The first-order chi connectivity index (χ1) is 11.6. The molecule has 0 radical (unpaired) electrons. The van der Waals surface area contributed by atoms with Crippen molar-refractivity contribution in [2.45, 2.75) is 18.4 Å². The third-order valence-corrected chi connectivity index (χ3v) is 5.25. The largest absolute Gasteiger partial charge is 0.494 e. The van der Waals surface area contributed by atoms with Crippen LogP contribution in [-0.4, -0.2) is 26.1 Å². The molecule has 0 aliphatic carbocycles. The van der Waals surface area contributed by atoms with Gasteiger partial charge in [0.1, 0.15) is 5.75 Å². The number of nitrogens with one attached hydrogen (secondary N) is 1. The van der Waals surface area contributed by atoms with Gasteiger partial charge < -0.3 is 9.30 Å². The Morgan fingerprint density at radius 2 is 1.79 bits per heavy atom. The standard InChI is InChI=1S/C18H20N2O3S/c1-2-23-16-7-9-17(10-8-16)24(21,22)19-12-14-20-13-11-15-5-3-4-6-18(15)20/h3-11,13,19H,2,12,14H2,1H3. The summed E-state index contributed by atoms with van der Waals surface area (Å²) in [6.07, 6.45) is 1.97. The van der Waals surface area contributed by atoms with Gasteiger partial charge >= 0.3 is 0 Å². The van der Waals surface area contributed by atoms with Gasteiger partial charge in [-0.25, -0.2) is 13.1 Å². The number of rotatable bonds is 7. The van der Waals surface area contributed by atoms with E-state index in [9.17, 15) is 8.42 Å². The van der Waals surface area contributed by atoms with Crippen molar-refractivity contribution in [3.8, 4) is 5.75 Å². The molecule has 126 valence electrons. The predicted octanol–water partition coefficient (Wildman–Crippen LogP) is 3.02. The Hall–Kier alpha value is -2.31. The molecule has 24 heavy (non-hydrogen) atoms. The van der Waals surface area contributed by atoms with Crippen LogP contribution in [0.15, 0.2) is 65.7 Å². The lowest BCUT2D eigenvalue weighted by atomic mass is 10.2. The Morgan fingerprint density at radius 3 is 2.54 bits per heavy atom. The van der Waals surface area contributed by atoms with Crippen LogP contribution in [-0.2, 0) is 16.6 Å². The highest BCUT2D eigenvalue weighted by Gasteiger charge is 2.13. The molecule has 5 nitrogen and oxygen atoms in total. The highest BCUT2D eigenvalue weighted by atomic mass is 32.2. The molecule has 3 rings (SSSR count). The van der Waals surface area contributed by atoms with Crippen LogP contribution < -0.4 is 9.46 Å². The Morgan fingerprint density at radius 1 is 1.04 bits per heavy atom. The zero-order valence-corrected chi connectivity index (χ0v) is 14.3. The molecule has 0 aliphatic heterocycles. The molecule has 6 heteroatoms. The van der Waals surface area contributed by atoms with E-state index in [4.69, 9.17) is 4.74 Å². The molecular formula is C18H20N2O3S. The molecule has 0 atom stereocenters. The molecule has 1 N–H and O–H groups in total. The lowest BCUT2D eigenvalue weighted by molar-refractivity contribution is 0.340. The first-order valence-electron chi connectivity index (χ1n) is 7.86. The van der Waals surface area contributed by atoms with E-state index in [-0.39, 0.29) is 4.90 Å². The van der Waals surface area contributed by atoms with Crippen LogP contribution in [0.25, 0.3) is 10.9 Å². The van der Waals surface area contributed by atoms with E-state index < -0.39 is 10.0 Å². The summed E-state index contributed by atoms with van der Waals surface area (Å²) < 4.78 is 34.7. The summed E-state index contributed by atoms with van der Waals surface area (Å²) in [4.78, 5) is 0.239. The second-order valence-electron chi connectivity index (χ2n) is 5.37. The number of hydrogen-bond donors (Lipinski definition) is 1. The molecule has 0 bridgehead atoms. The molecule has 1 heterocycles. The highest BCUT2D eigenvalue weighted by Crippen LogP contribution is 2.16. The summed E-state index contributed by atoms with van der Waals surface area (Å²) in [5.41, 5.74) is 1.10. The predicted molar refractivity (Wildman–Crippen MR) is 94.7 cm³/mol. The summed E-state index contributed by atoms with van der Waals surface area (Å²) in [7, 11) is -3.52. The van der Waals surface area contributed by atoms with E-state index >= 15 is 0 Å². The second kappa shape index (κ2) is 7.07. The van der Waals surface area contributed by atoms with Crippen molar-refractivity contribution in [1.29, 1.82) is 0 Å². The van der Waals surface area contributed by atoms with Crippen LogP contribution in [0.1, 0.15) is 6.92 Å². The third kappa shape index (κ3) is 3.60. The maximum Gasteiger partial charge on any atom is 0.240 e. The lowest BCUT2D eigenvalue weighted by Crippen LogP contribution is -2.27. The number of nitrogens with zero attached hydrogens (tertiary/aromatic N) is 1. The summed E-state index contributed by atoms with van der Waals surface area (Å²) in [5, 5.41) is 1.15. The van der Waals surface area contributed by atoms with Gasteiger partial charge in [0.15, 0.2) is 0 Å². The van der Waals surface area contributed by atoms with Gasteiger partial charge in [0.05, 0.1) is 11.5 Å². The average molecular weight is 344 g/mol. The fraction of sp³-hybridized carbons (Fsp3) is 0.222. The van der Waals surface area contributed by atoms with E-state index in [0.29, 0.717) is 25.4 Å². The lowest BCUT2D eigenvalue weighted by Gasteiger charge is -2.09. The van der Waals surface area contributed by atoms with Crippen molar-refractivity contribution in [2.75, 3.05) is 13.2 Å². The Labute approximate surface area is 141 Å². The molecule has 0 saturated carbocycles. The maximum atomic E-state index is 12.3. The number of aromatic nitrogens is 1. The molecule has 0 saturated heterocycles. The molecule has 2 aromatic carbocycles. The maximum absolute atomic E-state index is 12.3. The number of benzene rings is 2. The molecule has 0 fully saturated rings. The van der Waals surface area contributed by atoms with Gasteiger partial charge in [-0.15, -0.1) is 0 Å². The summed E-state index contributed by atoms with van der Waals surface area (Å²) in [6, 6.07) is 16.5. The first kappa shape index (κ1) is 16.5. The summed E-state index contributed by atoms with van der Waals surface area (Å²) in [6.45, 7) is 3.34. The first-order valence-corrected chi connectivity index (χ1v) is 9.35. The molecule has 0 amide bonds. The number of hydrogen-bond acceptors (Lipinski definition) is 3. The van der Waals surface area contributed by atoms with Crippen molar-refractivity contribution >= 4 is 20.9 Å². The Kier molecular flexibility index (Phi) is 4.87. The van der Waals surface area contributed by atoms with Crippen LogP contribution in [0.3, 0.4) is 0 Å². The van der Waals surface area contributed by atoms with Crippen molar-refractivity contribution in [2.24, 2.45) is 0 Å². The van der Waals surface area contributed by atoms with Crippen LogP contribution in [0.4, 0.5) is 0 Å². The number of sulfonamides is 1. The number of para-hydroxylation sites is 1. The van der Waals surface area contributed by atoms with Crippen molar-refractivity contribution in [3.63, 3.8) is 0 Å². The van der Waals surface area contributed by atoms with Crippen LogP contribution in [0.5, 0.6) is 5.75 Å². The zero-order valence-electron chi connectivity index (χ0n) is 13.5. The summed E-state index contributed by atoms with van der Waals surface area (Å²) in [5.74, 6) is 0.662.